The molecule has 1 aliphatic carbocycles. The Labute approximate surface area is 233 Å². The molecular weight excluding hydrogens is 570 g/mol. The van der Waals surface area contributed by atoms with Gasteiger partial charge in [-0.1, -0.05) is 23.4 Å². The van der Waals surface area contributed by atoms with Crippen molar-refractivity contribution in [1.29, 1.82) is 0 Å². The van der Waals surface area contributed by atoms with E-state index in [1.54, 1.807) is 0 Å². The van der Waals surface area contributed by atoms with Crippen molar-refractivity contribution in [2.75, 3.05) is 18.0 Å². The van der Waals surface area contributed by atoms with E-state index >= 15 is 0 Å². The molecule has 2 amide bonds. The van der Waals surface area contributed by atoms with Crippen molar-refractivity contribution in [2.45, 2.75) is 36.4 Å². The SMILES string of the molecule is NCCn1nnnc1C1=C(C(=O)O)N2C(=O)C(C=S)(NC(=O)C(=NOC3C=CCC3)c3nsc(N)n3)[C@@H]2SC1. The van der Waals surface area contributed by atoms with Crippen LogP contribution in [0.15, 0.2) is 23.0 Å². The lowest BCUT2D eigenvalue weighted by atomic mass is 9.87. The second-order valence-corrected chi connectivity index (χ2v) is 10.6. The maximum atomic E-state index is 13.5. The molecule has 2 aliphatic heterocycles. The summed E-state index contributed by atoms with van der Waals surface area (Å²) < 4.78 is 5.41. The van der Waals surface area contributed by atoms with E-state index in [-0.39, 0.29) is 58.7 Å². The van der Waals surface area contributed by atoms with Gasteiger partial charge in [0.1, 0.15) is 17.2 Å². The van der Waals surface area contributed by atoms with Crippen LogP contribution in [0.1, 0.15) is 24.5 Å². The number of nitrogens with two attached hydrogens (primary N) is 2. The molecule has 0 spiro atoms. The number of β-lactam (4-membered cyclic amide) rings is 1. The van der Waals surface area contributed by atoms with Crippen molar-refractivity contribution < 1.29 is 24.3 Å². The van der Waals surface area contributed by atoms with Crippen molar-refractivity contribution >= 4 is 75.1 Å². The number of nitrogens with one attached hydrogen (secondary N) is 1. The number of fused-ring (bicyclic) bond motifs is 1. The molecule has 3 aliphatic rings. The van der Waals surface area contributed by atoms with Gasteiger partial charge in [-0.05, 0) is 29.3 Å². The van der Waals surface area contributed by atoms with Gasteiger partial charge in [0.15, 0.2) is 16.5 Å². The number of thioether (sulfide) groups is 1. The van der Waals surface area contributed by atoms with Gasteiger partial charge in [0, 0.05) is 34.8 Å². The van der Waals surface area contributed by atoms with Crippen LogP contribution in [-0.2, 0) is 25.8 Å². The molecule has 5 rings (SSSR count). The van der Waals surface area contributed by atoms with E-state index in [1.165, 1.54) is 16.4 Å². The van der Waals surface area contributed by atoms with Gasteiger partial charge in [0.2, 0.25) is 11.5 Å². The van der Waals surface area contributed by atoms with Crippen LogP contribution in [0.25, 0.3) is 5.57 Å². The molecule has 4 heterocycles. The number of carbonyl (C=O) groups excluding carboxylic acids is 2. The average Bonchev–Trinajstić information content (AvgIpc) is 3.69. The molecule has 2 aromatic heterocycles. The first-order valence-corrected chi connectivity index (χ1v) is 13.8. The van der Waals surface area contributed by atoms with Gasteiger partial charge in [0.05, 0.1) is 6.54 Å². The van der Waals surface area contributed by atoms with Crippen LogP contribution in [-0.4, -0.2) is 97.7 Å². The molecule has 0 bridgehead atoms. The van der Waals surface area contributed by atoms with Crippen molar-refractivity contribution in [3.8, 4) is 0 Å². The minimum absolute atomic E-state index is 0.0865. The lowest BCUT2D eigenvalue weighted by Crippen LogP contribution is -2.80. The van der Waals surface area contributed by atoms with E-state index < -0.39 is 28.7 Å². The van der Waals surface area contributed by atoms with E-state index in [0.29, 0.717) is 6.42 Å². The molecule has 204 valence electrons. The van der Waals surface area contributed by atoms with Gasteiger partial charge >= 0.3 is 5.97 Å². The molecular formula is C20H21N11O5S3. The zero-order valence-corrected chi connectivity index (χ0v) is 22.4. The zero-order valence-electron chi connectivity index (χ0n) is 20.0. The fourth-order valence-electron chi connectivity index (χ4n) is 4.27. The number of carboxylic acids is 1. The van der Waals surface area contributed by atoms with Gasteiger partial charge in [0.25, 0.3) is 11.8 Å². The average molecular weight is 592 g/mol. The lowest BCUT2D eigenvalue weighted by molar-refractivity contribution is -0.153. The number of nitrogens with zero attached hydrogens (tertiary/aromatic N) is 8. The van der Waals surface area contributed by atoms with Gasteiger partial charge in [-0.25, -0.2) is 9.48 Å². The number of hydrogen-bond donors (Lipinski definition) is 4. The number of tetrazole rings is 1. The molecule has 1 saturated heterocycles. The molecule has 2 aromatic rings. The number of anilines is 1. The van der Waals surface area contributed by atoms with Gasteiger partial charge in [-0.15, -0.1) is 16.9 Å². The summed E-state index contributed by atoms with van der Waals surface area (Å²) in [6.45, 7) is 0.465. The number of carbonyl (C=O) groups is 3. The summed E-state index contributed by atoms with van der Waals surface area (Å²) >= 11 is 7.24. The number of hydrogen-bond acceptors (Lipinski definition) is 15. The van der Waals surface area contributed by atoms with Crippen LogP contribution in [0.5, 0.6) is 0 Å². The maximum Gasteiger partial charge on any atom is 0.353 e. The molecule has 0 radical (unpaired) electrons. The second kappa shape index (κ2) is 10.8. The minimum atomic E-state index is -1.72. The first-order chi connectivity index (χ1) is 18.8. The van der Waals surface area contributed by atoms with E-state index in [9.17, 15) is 19.5 Å². The Balaban J connectivity index is 1.45. The Morgan fingerprint density at radius 3 is 2.90 bits per heavy atom. The molecule has 0 aromatic carbocycles. The van der Waals surface area contributed by atoms with Crippen LogP contribution in [0.3, 0.4) is 0 Å². The molecule has 39 heavy (non-hydrogen) atoms. The summed E-state index contributed by atoms with van der Waals surface area (Å²) in [5.74, 6) is -2.75. The highest BCUT2D eigenvalue weighted by Crippen LogP contribution is 2.47. The van der Waals surface area contributed by atoms with E-state index in [1.807, 2.05) is 12.2 Å². The first kappa shape index (κ1) is 26.8. The highest BCUT2D eigenvalue weighted by Gasteiger charge is 2.65. The summed E-state index contributed by atoms with van der Waals surface area (Å²) in [5.41, 5.74) is 9.21. The molecule has 6 N–H and O–H groups in total. The zero-order chi connectivity index (χ0) is 27.7. The predicted molar refractivity (Wildman–Crippen MR) is 143 cm³/mol. The van der Waals surface area contributed by atoms with Crippen LogP contribution < -0.4 is 16.8 Å². The number of nitrogen functional groups attached to an aromatic ring is 1. The second-order valence-electron chi connectivity index (χ2n) is 8.47. The molecule has 1 fully saturated rings. The quantitative estimate of drug-likeness (QED) is 0.0834. The van der Waals surface area contributed by atoms with E-state index in [2.05, 4.69) is 35.4 Å². The molecule has 0 saturated carbocycles. The summed E-state index contributed by atoms with van der Waals surface area (Å²) in [7, 11) is 0. The standard InChI is InChI=1S/C20H21N11O5S3/c21-5-6-30-14(25-28-29-30)10-7-38-18-20(8-37,17(35)31(18)12(10)16(33)34)24-15(32)11(13-23-19(22)39-27-13)26-36-9-3-1-2-4-9/h1,3,8-9,18H,2,4-7,21H2,(H,24,32)(H,33,34)(H2,22,23,27)/t9?,18-,20?/m0/s1. The number of rotatable bonds is 10. The summed E-state index contributed by atoms with van der Waals surface area (Å²) in [6.07, 6.45) is 4.89. The normalized spacial score (nSPS) is 24.4. The Morgan fingerprint density at radius 2 is 2.26 bits per heavy atom. The molecule has 19 heteroatoms. The Morgan fingerprint density at radius 1 is 1.44 bits per heavy atom. The monoisotopic (exact) mass is 591 g/mol. The van der Waals surface area contributed by atoms with Crippen LogP contribution in [0.4, 0.5) is 5.13 Å². The topological polar surface area (TPSA) is 230 Å². The third kappa shape index (κ3) is 4.66. The van der Waals surface area contributed by atoms with Crippen LogP contribution in [0.2, 0.25) is 0 Å². The highest BCUT2D eigenvalue weighted by molar-refractivity contribution is 8.00. The van der Waals surface area contributed by atoms with Crippen molar-refractivity contribution in [3.05, 3.63) is 29.5 Å². The summed E-state index contributed by atoms with van der Waals surface area (Å²) in [4.78, 5) is 49.9. The van der Waals surface area contributed by atoms with Crippen LogP contribution >= 0.6 is 35.5 Å². The molecule has 16 nitrogen and oxygen atoms in total. The number of thiocarbonyl (C=S) groups is 1. The number of amides is 2. The smallest absolute Gasteiger partial charge is 0.353 e. The fraction of sp³-hybridized carbons (Fsp3) is 0.400. The van der Waals surface area contributed by atoms with E-state index in [4.69, 9.17) is 28.5 Å². The van der Waals surface area contributed by atoms with E-state index in [0.717, 1.165) is 28.2 Å². The predicted octanol–water partition coefficient (Wildman–Crippen LogP) is -1.23. The third-order valence-electron chi connectivity index (χ3n) is 6.08. The molecule has 3 atom stereocenters. The van der Waals surface area contributed by atoms with Crippen LogP contribution in [0, 0.1) is 0 Å². The molecule has 2 unspecified atom stereocenters. The lowest BCUT2D eigenvalue weighted by Gasteiger charge is -2.55. The minimum Gasteiger partial charge on any atom is -0.477 e. The Kier molecular flexibility index (Phi) is 7.38. The number of carboxylic acid groups (broad SMARTS) is 1. The fourth-order valence-corrected chi connectivity index (χ4v) is 6.52. The maximum absolute atomic E-state index is 13.5. The van der Waals surface area contributed by atoms with Crippen molar-refractivity contribution in [3.63, 3.8) is 0 Å². The summed E-state index contributed by atoms with van der Waals surface area (Å²) in [6, 6.07) is 0. The highest BCUT2D eigenvalue weighted by atomic mass is 32.2. The first-order valence-electron chi connectivity index (χ1n) is 11.5. The Hall–Kier alpha value is -3.81. The number of allylic oxidation sites excluding steroid dienone is 1. The number of oxime groups is 1. The third-order valence-corrected chi connectivity index (χ3v) is 8.35. The van der Waals surface area contributed by atoms with Gasteiger partial charge < -0.3 is 26.7 Å². The number of aromatic nitrogens is 6. The summed E-state index contributed by atoms with van der Waals surface area (Å²) in [5, 5.41) is 28.4. The largest absolute Gasteiger partial charge is 0.477 e. The van der Waals surface area contributed by atoms with Gasteiger partial charge in [-0.3, -0.25) is 14.5 Å². The van der Waals surface area contributed by atoms with Crippen molar-refractivity contribution in [1.82, 2.24) is 39.8 Å². The number of aliphatic carboxylic acids is 1. The Bertz CT molecular complexity index is 1440. The van der Waals surface area contributed by atoms with Gasteiger partial charge in [-0.2, -0.15) is 9.36 Å². The van der Waals surface area contributed by atoms with Crippen molar-refractivity contribution in [2.24, 2.45) is 10.9 Å².